The minimum absolute atomic E-state index is 1.26. The lowest BCUT2D eigenvalue weighted by Crippen LogP contribution is -2.25. The molecule has 0 aliphatic rings. The Bertz CT molecular complexity index is 1060. The van der Waals surface area contributed by atoms with E-state index in [1.165, 1.54) is 22.3 Å². The highest BCUT2D eigenvalue weighted by Gasteiger charge is 1.98. The molecule has 2 heterocycles. The molecule has 6 nitrogen and oxygen atoms in total. The van der Waals surface area contributed by atoms with Gasteiger partial charge in [0.15, 0.2) is 24.8 Å². The predicted molar refractivity (Wildman–Crippen MR) is 117 cm³/mol. The molecule has 0 bridgehead atoms. The summed E-state index contributed by atoms with van der Waals surface area (Å²) >= 11 is 0. The molecule has 0 fully saturated rings. The zero-order valence-electron chi connectivity index (χ0n) is 17.3. The second-order valence-electron chi connectivity index (χ2n) is 6.64. The fraction of sp³-hybridized carbons (Fsp3) is 0.0833. The number of benzene rings is 2. The normalized spacial score (nSPS) is 10.2. The Kier molecular flexibility index (Phi) is 9.02. The van der Waals surface area contributed by atoms with Crippen molar-refractivity contribution in [2.45, 2.75) is 0 Å². The molecule has 2 aromatic carbocycles. The van der Waals surface area contributed by atoms with Crippen LogP contribution in [-0.4, -0.2) is 17.5 Å². The number of aromatic nitrogens is 2. The molecule has 0 saturated carbocycles. The molecule has 0 radical (unpaired) electrons. The molecule has 0 saturated heterocycles. The molecule has 0 atom stereocenters. The van der Waals surface area contributed by atoms with Gasteiger partial charge in [-0.25, -0.2) is 9.13 Å². The van der Waals surface area contributed by atoms with E-state index >= 15 is 0 Å². The first-order valence-corrected chi connectivity index (χ1v) is 10.7. The molecule has 0 unspecified atom stereocenters. The second-order valence-corrected chi connectivity index (χ2v) is 7.46. The van der Waals surface area contributed by atoms with Crippen molar-refractivity contribution in [1.82, 2.24) is 0 Å². The summed E-state index contributed by atoms with van der Waals surface area (Å²) in [5, 5.41) is 0. The van der Waals surface area contributed by atoms with Crippen molar-refractivity contribution in [2.75, 3.05) is 0 Å². The van der Waals surface area contributed by atoms with Gasteiger partial charge in [0.05, 0.1) is 0 Å². The van der Waals surface area contributed by atoms with E-state index in [0.29, 0.717) is 0 Å². The monoisotopic (exact) mass is 436 g/mol. The van der Waals surface area contributed by atoms with Crippen LogP contribution in [-0.2, 0) is 24.5 Å². The average Bonchev–Trinajstić information content (AvgIpc) is 2.75. The minimum atomic E-state index is -5.17. The maximum absolute atomic E-state index is 8.52. The van der Waals surface area contributed by atoms with Crippen molar-refractivity contribution in [3.63, 3.8) is 0 Å². The van der Waals surface area contributed by atoms with E-state index in [1.54, 1.807) is 0 Å². The van der Waals surface area contributed by atoms with Crippen LogP contribution in [0.1, 0.15) is 0 Å². The molecule has 31 heavy (non-hydrogen) atoms. The molecular weight excluding hydrogens is 412 g/mol. The number of nitrogens with zero attached hydrogens (tertiary/aromatic N) is 2. The van der Waals surface area contributed by atoms with E-state index in [-0.39, 0.29) is 0 Å². The van der Waals surface area contributed by atoms with Crippen LogP contribution >= 0.6 is 0 Å². The zero-order valence-corrected chi connectivity index (χ0v) is 18.1. The van der Waals surface area contributed by atoms with Gasteiger partial charge in [-0.1, -0.05) is 60.7 Å². The number of pyridine rings is 2. The Balaban J connectivity index is 0.000000182. The third-order valence-electron chi connectivity index (χ3n) is 4.17. The fourth-order valence-electron chi connectivity index (χ4n) is 2.65. The van der Waals surface area contributed by atoms with Crippen LogP contribution < -0.4 is 9.13 Å². The first kappa shape index (κ1) is 23.9. The van der Waals surface area contributed by atoms with Gasteiger partial charge in [0.2, 0.25) is 0 Å². The molecule has 0 aliphatic heterocycles. The highest BCUT2D eigenvalue weighted by atomic mass is 32.3. The van der Waals surface area contributed by atoms with Gasteiger partial charge >= 0.3 is 0 Å². The molecular formula is C24H24N2O4S. The van der Waals surface area contributed by atoms with Crippen molar-refractivity contribution in [3.8, 4) is 22.3 Å². The number of rotatable bonds is 2. The largest absolute Gasteiger partial charge is 0.759 e. The second kappa shape index (κ2) is 11.7. The molecule has 4 aromatic rings. The Morgan fingerprint density at radius 3 is 1.00 bits per heavy atom. The summed E-state index contributed by atoms with van der Waals surface area (Å²) in [6.07, 6.45) is 8.23. The number of hydrogen-bond acceptors (Lipinski definition) is 4. The van der Waals surface area contributed by atoms with E-state index in [1.807, 2.05) is 35.4 Å². The maximum atomic E-state index is 8.52. The van der Waals surface area contributed by atoms with E-state index in [2.05, 4.69) is 97.6 Å². The van der Waals surface area contributed by atoms with Crippen molar-refractivity contribution in [3.05, 3.63) is 110 Å². The molecule has 0 amide bonds. The third kappa shape index (κ3) is 9.77. The van der Waals surface area contributed by atoms with Gasteiger partial charge in [0.1, 0.15) is 14.1 Å². The lowest BCUT2D eigenvalue weighted by molar-refractivity contribution is -0.671. The lowest BCUT2D eigenvalue weighted by Gasteiger charge is -2.06. The Hall–Kier alpha value is -3.39. The zero-order chi connectivity index (χ0) is 22.7. The van der Waals surface area contributed by atoms with Crippen LogP contribution in [0.15, 0.2) is 110 Å². The number of hydrogen-bond donors (Lipinski definition) is 0. The van der Waals surface area contributed by atoms with Crippen LogP contribution in [0, 0.1) is 0 Å². The summed E-state index contributed by atoms with van der Waals surface area (Å²) in [7, 11) is -1.12. The van der Waals surface area contributed by atoms with Crippen LogP contribution in [0.4, 0.5) is 0 Å². The van der Waals surface area contributed by atoms with Gasteiger partial charge in [-0.2, -0.15) is 0 Å². The van der Waals surface area contributed by atoms with Gasteiger partial charge in [-0.05, 0) is 22.3 Å². The van der Waals surface area contributed by atoms with Gasteiger partial charge in [0, 0.05) is 34.7 Å². The Morgan fingerprint density at radius 2 is 0.742 bits per heavy atom. The summed E-state index contributed by atoms with van der Waals surface area (Å²) < 4.78 is 38.2. The van der Waals surface area contributed by atoms with Crippen molar-refractivity contribution < 1.29 is 26.7 Å². The summed E-state index contributed by atoms with van der Waals surface area (Å²) in [4.78, 5) is 0. The van der Waals surface area contributed by atoms with Crippen molar-refractivity contribution in [2.24, 2.45) is 14.1 Å². The SMILES string of the molecule is C[n+]1ccc(-c2ccccc2)cc1.C[n+]1ccc(-c2ccccc2)cc1.O=S(=O)([O-])[O-]. The van der Waals surface area contributed by atoms with Crippen LogP contribution in [0.5, 0.6) is 0 Å². The maximum Gasteiger partial charge on any atom is 0.169 e. The first-order chi connectivity index (χ1) is 14.7. The molecule has 4 rings (SSSR count). The van der Waals surface area contributed by atoms with Gasteiger partial charge in [-0.15, -0.1) is 0 Å². The lowest BCUT2D eigenvalue weighted by atomic mass is 10.1. The van der Waals surface area contributed by atoms with Gasteiger partial charge < -0.3 is 9.11 Å². The Labute approximate surface area is 183 Å². The van der Waals surface area contributed by atoms with E-state index in [9.17, 15) is 0 Å². The van der Waals surface area contributed by atoms with Crippen LogP contribution in [0.25, 0.3) is 22.3 Å². The number of aryl methyl sites for hydroxylation is 2. The third-order valence-corrected chi connectivity index (χ3v) is 4.17. The van der Waals surface area contributed by atoms with E-state index in [4.69, 9.17) is 17.5 Å². The van der Waals surface area contributed by atoms with Gasteiger partial charge in [0.25, 0.3) is 0 Å². The smallest absolute Gasteiger partial charge is 0.169 e. The molecule has 7 heteroatoms. The van der Waals surface area contributed by atoms with Crippen LogP contribution in [0.3, 0.4) is 0 Å². The highest BCUT2D eigenvalue weighted by molar-refractivity contribution is 7.79. The molecule has 2 aromatic heterocycles. The standard InChI is InChI=1S/2C12H12N.H2O4S/c2*1-13-9-7-12(8-10-13)11-5-3-2-4-6-11;1-5(2,3)4/h2*2-10H,1H3;(H2,1,2,3,4)/q2*+1;/p-2. The van der Waals surface area contributed by atoms with Crippen molar-refractivity contribution in [1.29, 1.82) is 0 Å². The fourth-order valence-corrected chi connectivity index (χ4v) is 2.65. The molecule has 0 aliphatic carbocycles. The molecule has 0 N–H and O–H groups in total. The summed E-state index contributed by atoms with van der Waals surface area (Å²) in [5.74, 6) is 0. The van der Waals surface area contributed by atoms with Gasteiger partial charge in [-0.3, -0.25) is 8.42 Å². The summed E-state index contributed by atoms with van der Waals surface area (Å²) in [6.45, 7) is 0. The first-order valence-electron chi connectivity index (χ1n) is 9.40. The van der Waals surface area contributed by atoms with E-state index < -0.39 is 10.4 Å². The quantitative estimate of drug-likeness (QED) is 0.275. The minimum Gasteiger partial charge on any atom is -0.759 e. The topological polar surface area (TPSA) is 88.0 Å². The average molecular weight is 437 g/mol. The Morgan fingerprint density at radius 1 is 0.516 bits per heavy atom. The van der Waals surface area contributed by atoms with Crippen molar-refractivity contribution >= 4 is 10.4 Å². The summed E-state index contributed by atoms with van der Waals surface area (Å²) in [6, 6.07) is 29.3. The highest BCUT2D eigenvalue weighted by Crippen LogP contribution is 2.17. The summed E-state index contributed by atoms with van der Waals surface area (Å²) in [5.41, 5.74) is 5.06. The molecule has 160 valence electrons. The van der Waals surface area contributed by atoms with E-state index in [0.717, 1.165) is 0 Å². The predicted octanol–water partition coefficient (Wildman–Crippen LogP) is 3.02. The molecule has 0 spiro atoms. The van der Waals surface area contributed by atoms with Crippen LogP contribution in [0.2, 0.25) is 0 Å².